The van der Waals surface area contributed by atoms with E-state index >= 15 is 0 Å². The third kappa shape index (κ3) is 11.5. The van der Waals surface area contributed by atoms with Gasteiger partial charge in [-0.1, -0.05) is 13.8 Å². The summed E-state index contributed by atoms with van der Waals surface area (Å²) in [4.78, 5) is 0. The topological polar surface area (TPSA) is 67.4 Å². The van der Waals surface area contributed by atoms with Gasteiger partial charge in [-0.2, -0.15) is 0 Å². The van der Waals surface area contributed by atoms with Crippen molar-refractivity contribution in [3.8, 4) is 0 Å². The minimum atomic E-state index is -0.891. The Labute approximate surface area is 158 Å². The Kier molecular flexibility index (Phi) is 13.4. The van der Waals surface area contributed by atoms with Crippen LogP contribution in [0.15, 0.2) is 0 Å². The maximum atomic E-state index is 5.76. The average Bonchev–Trinajstić information content (AvgIpc) is 2.61. The van der Waals surface area contributed by atoms with E-state index in [1.165, 1.54) is 0 Å². The first kappa shape index (κ1) is 25.2. The van der Waals surface area contributed by atoms with E-state index in [1.807, 2.05) is 0 Å². The smallest absolute Gasteiger partial charge is 0.269 e. The first-order chi connectivity index (χ1) is 11.7. The molecule has 0 bridgehead atoms. The van der Waals surface area contributed by atoms with Gasteiger partial charge in [0, 0.05) is 42.3 Å². The van der Waals surface area contributed by atoms with Gasteiger partial charge in [0.05, 0.1) is 0 Å². The molecule has 0 saturated carbocycles. The lowest BCUT2D eigenvalue weighted by molar-refractivity contribution is -0.311. The molecule has 0 aliphatic heterocycles. The predicted octanol–water partition coefficient (Wildman–Crippen LogP) is 0.819. The molecule has 0 radical (unpaired) electrons. The minimum Gasteiger partial charge on any atom is -0.376 e. The SMILES string of the molecule is COC(C)(OC)O[SiH2]CC(C)CNCC(C)C[SiH2]OC(C)(OC)OC. The second kappa shape index (κ2) is 13.3. The minimum absolute atomic E-state index is 0.579. The Morgan fingerprint density at radius 2 is 1.04 bits per heavy atom. The predicted molar refractivity (Wildman–Crippen MR) is 105 cm³/mol. The highest BCUT2D eigenvalue weighted by molar-refractivity contribution is 6.27. The largest absolute Gasteiger partial charge is 0.376 e. The van der Waals surface area contributed by atoms with Crippen LogP contribution in [0.1, 0.15) is 27.7 Å². The lowest BCUT2D eigenvalue weighted by atomic mass is 10.2. The van der Waals surface area contributed by atoms with Crippen molar-refractivity contribution in [2.75, 3.05) is 41.5 Å². The molecule has 0 spiro atoms. The summed E-state index contributed by atoms with van der Waals surface area (Å²) in [6.07, 6.45) is 0. The highest BCUT2D eigenvalue weighted by Gasteiger charge is 2.24. The molecule has 0 saturated heterocycles. The summed E-state index contributed by atoms with van der Waals surface area (Å²) >= 11 is 0. The Bertz CT molecular complexity index is 300. The fourth-order valence-corrected chi connectivity index (χ4v) is 4.74. The zero-order valence-electron chi connectivity index (χ0n) is 17.3. The monoisotopic (exact) mass is 397 g/mol. The second-order valence-electron chi connectivity index (χ2n) is 6.68. The number of nitrogens with one attached hydrogen (secondary N) is 1. The van der Waals surface area contributed by atoms with Gasteiger partial charge < -0.3 is 33.1 Å². The van der Waals surface area contributed by atoms with Crippen molar-refractivity contribution < 1.29 is 27.8 Å². The third-order valence-corrected chi connectivity index (χ3v) is 8.32. The number of hydrogen-bond acceptors (Lipinski definition) is 7. The van der Waals surface area contributed by atoms with Gasteiger partial charge in [-0.05, 0) is 37.0 Å². The van der Waals surface area contributed by atoms with E-state index in [1.54, 1.807) is 42.3 Å². The fourth-order valence-electron chi connectivity index (χ4n) is 2.07. The van der Waals surface area contributed by atoms with Crippen molar-refractivity contribution in [1.29, 1.82) is 0 Å². The summed E-state index contributed by atoms with van der Waals surface area (Å²) in [5.74, 6) is -0.624. The van der Waals surface area contributed by atoms with Gasteiger partial charge in [0.25, 0.3) is 11.9 Å². The van der Waals surface area contributed by atoms with E-state index < -0.39 is 31.5 Å². The van der Waals surface area contributed by atoms with Crippen LogP contribution in [0.3, 0.4) is 0 Å². The zero-order chi connectivity index (χ0) is 19.3. The lowest BCUT2D eigenvalue weighted by Gasteiger charge is -2.27. The Hall–Kier alpha value is 0.154. The lowest BCUT2D eigenvalue weighted by Crippen LogP contribution is -2.36. The summed E-state index contributed by atoms with van der Waals surface area (Å²) < 4.78 is 32.4. The third-order valence-electron chi connectivity index (χ3n) is 4.42. The van der Waals surface area contributed by atoms with Gasteiger partial charge in [0.1, 0.15) is 0 Å². The summed E-state index contributed by atoms with van der Waals surface area (Å²) in [6, 6.07) is 2.17. The molecule has 1 N–H and O–H groups in total. The summed E-state index contributed by atoms with van der Waals surface area (Å²) in [7, 11) is 5.04. The first-order valence-electron chi connectivity index (χ1n) is 8.93. The molecule has 0 aliphatic rings. The molecule has 2 unspecified atom stereocenters. The van der Waals surface area contributed by atoms with Crippen LogP contribution in [-0.4, -0.2) is 73.0 Å². The molecule has 152 valence electrons. The van der Waals surface area contributed by atoms with Crippen LogP contribution in [0.2, 0.25) is 12.1 Å². The van der Waals surface area contributed by atoms with E-state index in [0.717, 1.165) is 25.2 Å². The fraction of sp³-hybridized carbons (Fsp3) is 1.00. The molecular weight excluding hydrogens is 358 g/mol. The Balaban J connectivity index is 3.77. The molecule has 0 aromatic rings. The van der Waals surface area contributed by atoms with Crippen molar-refractivity contribution in [2.24, 2.45) is 11.8 Å². The number of rotatable bonds is 16. The quantitative estimate of drug-likeness (QED) is 0.305. The summed E-state index contributed by atoms with van der Waals surface area (Å²) in [6.45, 7) is 10.1. The van der Waals surface area contributed by atoms with Gasteiger partial charge in [-0.25, -0.2) is 0 Å². The van der Waals surface area contributed by atoms with E-state index in [2.05, 4.69) is 19.2 Å². The van der Waals surface area contributed by atoms with Crippen LogP contribution in [0.25, 0.3) is 0 Å². The van der Waals surface area contributed by atoms with Gasteiger partial charge in [-0.3, -0.25) is 0 Å². The summed E-state index contributed by atoms with van der Waals surface area (Å²) in [5.41, 5.74) is 0. The molecule has 25 heavy (non-hydrogen) atoms. The highest BCUT2D eigenvalue weighted by Crippen LogP contribution is 2.14. The van der Waals surface area contributed by atoms with E-state index in [-0.39, 0.29) is 0 Å². The van der Waals surface area contributed by atoms with Crippen molar-refractivity contribution in [2.45, 2.75) is 51.7 Å². The van der Waals surface area contributed by atoms with Crippen molar-refractivity contribution in [3.05, 3.63) is 0 Å². The number of methoxy groups -OCH3 is 4. The molecule has 2 atom stereocenters. The normalized spacial score (nSPS) is 16.3. The van der Waals surface area contributed by atoms with E-state index in [0.29, 0.717) is 11.8 Å². The second-order valence-corrected chi connectivity index (χ2v) is 9.23. The van der Waals surface area contributed by atoms with Crippen LogP contribution in [0, 0.1) is 11.8 Å². The van der Waals surface area contributed by atoms with Gasteiger partial charge >= 0.3 is 0 Å². The maximum Gasteiger partial charge on any atom is 0.269 e. The summed E-state index contributed by atoms with van der Waals surface area (Å²) in [5, 5.41) is 3.54. The molecule has 9 heteroatoms. The molecule has 0 heterocycles. The number of ether oxygens (including phenoxy) is 4. The average molecular weight is 398 g/mol. The van der Waals surface area contributed by atoms with E-state index in [9.17, 15) is 0 Å². The van der Waals surface area contributed by atoms with Crippen LogP contribution >= 0.6 is 0 Å². The van der Waals surface area contributed by atoms with Crippen LogP contribution < -0.4 is 5.32 Å². The molecule has 7 nitrogen and oxygen atoms in total. The van der Waals surface area contributed by atoms with Crippen molar-refractivity contribution in [1.82, 2.24) is 5.32 Å². The van der Waals surface area contributed by atoms with Gasteiger partial charge in [0.15, 0.2) is 19.5 Å². The van der Waals surface area contributed by atoms with Gasteiger partial charge in [-0.15, -0.1) is 0 Å². The standard InChI is InChI=1S/C16H39NO6Si2/c1-13(11-24-22-15(3,18-5)19-6)9-17-10-14(2)12-25-23-16(4,20-7)21-8/h13-14,17H,9-12,24-25H2,1-8H3. The molecule has 0 amide bonds. The van der Waals surface area contributed by atoms with Crippen molar-refractivity contribution >= 4 is 19.5 Å². The van der Waals surface area contributed by atoms with Gasteiger partial charge in [0.2, 0.25) is 0 Å². The number of hydrogen-bond donors (Lipinski definition) is 1. The molecule has 0 fully saturated rings. The Morgan fingerprint density at radius 1 is 0.720 bits per heavy atom. The molecule has 0 aliphatic carbocycles. The van der Waals surface area contributed by atoms with Crippen LogP contribution in [-0.2, 0) is 27.8 Å². The van der Waals surface area contributed by atoms with Crippen LogP contribution in [0.4, 0.5) is 0 Å². The Morgan fingerprint density at radius 3 is 1.32 bits per heavy atom. The molecule has 0 aromatic carbocycles. The zero-order valence-corrected chi connectivity index (χ0v) is 20.2. The van der Waals surface area contributed by atoms with Crippen molar-refractivity contribution in [3.63, 3.8) is 0 Å². The first-order valence-corrected chi connectivity index (χ1v) is 12.1. The van der Waals surface area contributed by atoms with E-state index in [4.69, 9.17) is 27.8 Å². The maximum absolute atomic E-state index is 5.76. The van der Waals surface area contributed by atoms with Crippen LogP contribution in [0.5, 0.6) is 0 Å². The highest BCUT2D eigenvalue weighted by atomic mass is 28.2. The molecular formula is C16H39NO6Si2. The molecule has 0 aromatic heterocycles. The molecule has 0 rings (SSSR count).